The van der Waals surface area contributed by atoms with Crippen molar-refractivity contribution in [3.8, 4) is 16.3 Å². The highest BCUT2D eigenvalue weighted by molar-refractivity contribution is 7.88. The number of pyridine rings is 1. The fourth-order valence-corrected chi connectivity index (χ4v) is 5.46. The van der Waals surface area contributed by atoms with Crippen LogP contribution in [0.1, 0.15) is 23.3 Å². The van der Waals surface area contributed by atoms with Crippen LogP contribution in [0.3, 0.4) is 0 Å². The van der Waals surface area contributed by atoms with Crippen LogP contribution in [-0.2, 0) is 10.0 Å². The van der Waals surface area contributed by atoms with Gasteiger partial charge < -0.3 is 15.0 Å². The predicted octanol–water partition coefficient (Wildman–Crippen LogP) is 3.12. The minimum Gasteiger partial charge on any atom is -0.496 e. The van der Waals surface area contributed by atoms with E-state index in [1.54, 1.807) is 23.7 Å². The number of ether oxygens (including phenoxy) is 1. The second kappa shape index (κ2) is 10.0. The molecule has 3 heterocycles. The van der Waals surface area contributed by atoms with E-state index in [-0.39, 0.29) is 11.7 Å². The van der Waals surface area contributed by atoms with Crippen molar-refractivity contribution in [3.63, 3.8) is 0 Å². The lowest BCUT2D eigenvalue weighted by Crippen LogP contribution is -2.44. The van der Waals surface area contributed by atoms with Crippen molar-refractivity contribution >= 4 is 38.8 Å². The summed E-state index contributed by atoms with van der Waals surface area (Å²) in [7, 11) is -1.77. The topological polar surface area (TPSA) is 114 Å². The molecule has 4 rings (SSSR count). The number of methoxy groups -OCH3 is 1. The van der Waals surface area contributed by atoms with Crippen LogP contribution in [0, 0.1) is 5.82 Å². The molecular weight excluding hydrogens is 481 g/mol. The molecule has 2 aromatic heterocycles. The summed E-state index contributed by atoms with van der Waals surface area (Å²) >= 11 is 1.22. The molecule has 0 unspecified atom stereocenters. The molecule has 34 heavy (non-hydrogen) atoms. The monoisotopic (exact) mass is 505 g/mol. The molecule has 1 aliphatic rings. The Balaban J connectivity index is 1.48. The summed E-state index contributed by atoms with van der Waals surface area (Å²) in [4.78, 5) is 23.7. The van der Waals surface area contributed by atoms with Crippen LogP contribution in [0.4, 0.5) is 15.9 Å². The highest BCUT2D eigenvalue weighted by atomic mass is 32.2. The smallest absolute Gasteiger partial charge is 0.275 e. The summed E-state index contributed by atoms with van der Waals surface area (Å²) in [6.45, 7) is 1.18. The van der Waals surface area contributed by atoms with E-state index >= 15 is 0 Å². The number of hydrogen-bond donors (Lipinski definition) is 2. The van der Waals surface area contributed by atoms with Gasteiger partial charge in [0.15, 0.2) is 5.82 Å². The van der Waals surface area contributed by atoms with E-state index in [9.17, 15) is 17.6 Å². The molecule has 0 bridgehead atoms. The number of sulfonamides is 1. The van der Waals surface area contributed by atoms with Gasteiger partial charge in [-0.05, 0) is 43.2 Å². The normalized spacial score (nSPS) is 14.7. The van der Waals surface area contributed by atoms with Crippen molar-refractivity contribution < 1.29 is 22.3 Å². The lowest BCUT2D eigenvalue weighted by Gasteiger charge is -2.33. The lowest BCUT2D eigenvalue weighted by atomic mass is 10.1. The molecule has 1 saturated heterocycles. The molecule has 0 spiro atoms. The van der Waals surface area contributed by atoms with Gasteiger partial charge in [0.05, 0.1) is 24.6 Å². The third-order valence-electron chi connectivity index (χ3n) is 5.34. The molecule has 3 aromatic rings. The molecule has 0 radical (unpaired) electrons. The lowest BCUT2D eigenvalue weighted by molar-refractivity contribution is 0.102. The molecule has 1 aromatic carbocycles. The maximum atomic E-state index is 13.7. The number of piperidine rings is 1. The van der Waals surface area contributed by atoms with Crippen molar-refractivity contribution in [2.75, 3.05) is 36.7 Å². The minimum absolute atomic E-state index is 0.124. The molecule has 0 saturated carbocycles. The Kier molecular flexibility index (Phi) is 7.10. The van der Waals surface area contributed by atoms with Crippen molar-refractivity contribution in [1.82, 2.24) is 14.7 Å². The Labute approximate surface area is 201 Å². The SMILES string of the molecule is COc1ccc(F)cc1-c1nc(C(=O)Nc2cccnc2N2CCC(NS(C)(=O)=O)CC2)cs1. The molecule has 180 valence electrons. The van der Waals surface area contributed by atoms with Crippen molar-refractivity contribution in [3.05, 3.63) is 53.4 Å². The molecule has 0 atom stereocenters. The largest absolute Gasteiger partial charge is 0.496 e. The van der Waals surface area contributed by atoms with Gasteiger partial charge in [0, 0.05) is 30.7 Å². The quantitative estimate of drug-likeness (QED) is 0.507. The highest BCUT2D eigenvalue weighted by Crippen LogP contribution is 2.33. The fourth-order valence-electron chi connectivity index (χ4n) is 3.79. The Bertz CT molecular complexity index is 1290. The number of nitrogens with one attached hydrogen (secondary N) is 2. The summed E-state index contributed by atoms with van der Waals surface area (Å²) in [6, 6.07) is 7.49. The summed E-state index contributed by atoms with van der Waals surface area (Å²) in [5.41, 5.74) is 1.19. The van der Waals surface area contributed by atoms with E-state index in [2.05, 4.69) is 20.0 Å². The van der Waals surface area contributed by atoms with Crippen molar-refractivity contribution in [1.29, 1.82) is 0 Å². The molecule has 1 fully saturated rings. The molecule has 2 N–H and O–H groups in total. The number of hydrogen-bond acceptors (Lipinski definition) is 8. The molecule has 1 amide bonds. The first-order valence-electron chi connectivity index (χ1n) is 10.5. The second-order valence-electron chi connectivity index (χ2n) is 7.86. The van der Waals surface area contributed by atoms with Crippen LogP contribution in [0.25, 0.3) is 10.6 Å². The van der Waals surface area contributed by atoms with E-state index in [0.29, 0.717) is 53.8 Å². The van der Waals surface area contributed by atoms with Crippen molar-refractivity contribution in [2.45, 2.75) is 18.9 Å². The van der Waals surface area contributed by atoms with Gasteiger partial charge in [0.25, 0.3) is 5.91 Å². The van der Waals surface area contributed by atoms with Gasteiger partial charge in [-0.15, -0.1) is 11.3 Å². The molecule has 0 aliphatic carbocycles. The van der Waals surface area contributed by atoms with Crippen LogP contribution in [0.5, 0.6) is 5.75 Å². The van der Waals surface area contributed by atoms with Crippen LogP contribution in [-0.4, -0.2) is 56.8 Å². The third kappa shape index (κ3) is 5.69. The minimum atomic E-state index is -3.26. The number of thiazole rings is 1. The standard InChI is InChI=1S/C22H24FN5O4S2/c1-32-19-6-5-14(23)12-16(19)22-26-18(13-33-22)21(29)25-17-4-3-9-24-20(17)28-10-7-15(8-11-28)27-34(2,30)31/h3-6,9,12-13,15,27H,7-8,10-11H2,1-2H3,(H,25,29). The first kappa shape index (κ1) is 24.0. The van der Waals surface area contributed by atoms with Gasteiger partial charge in [-0.3, -0.25) is 4.79 Å². The Morgan fingerprint density at radius 1 is 1.26 bits per heavy atom. The van der Waals surface area contributed by atoms with Gasteiger partial charge in [0.1, 0.15) is 22.3 Å². The van der Waals surface area contributed by atoms with Gasteiger partial charge in [-0.1, -0.05) is 0 Å². The second-order valence-corrected chi connectivity index (χ2v) is 10.5. The van der Waals surface area contributed by atoms with E-state index in [0.717, 1.165) is 6.26 Å². The van der Waals surface area contributed by atoms with Gasteiger partial charge >= 0.3 is 0 Å². The first-order chi connectivity index (χ1) is 16.2. The zero-order chi connectivity index (χ0) is 24.3. The van der Waals surface area contributed by atoms with E-state index in [4.69, 9.17) is 4.74 Å². The Morgan fingerprint density at radius 2 is 2.03 bits per heavy atom. The maximum Gasteiger partial charge on any atom is 0.275 e. The number of amides is 1. The number of halogens is 1. The van der Waals surface area contributed by atoms with E-state index < -0.39 is 21.7 Å². The number of carbonyl (C=O) groups excluding carboxylic acids is 1. The number of aromatic nitrogens is 2. The highest BCUT2D eigenvalue weighted by Gasteiger charge is 2.25. The number of rotatable bonds is 7. The maximum absolute atomic E-state index is 13.7. The summed E-state index contributed by atoms with van der Waals surface area (Å²) in [5.74, 6) is 0.232. The summed E-state index contributed by atoms with van der Waals surface area (Å²) in [5, 5.41) is 4.93. The summed E-state index contributed by atoms with van der Waals surface area (Å²) < 4.78 is 44.7. The average Bonchev–Trinajstić information content (AvgIpc) is 3.29. The van der Waals surface area contributed by atoms with Crippen LogP contribution >= 0.6 is 11.3 Å². The molecule has 1 aliphatic heterocycles. The first-order valence-corrected chi connectivity index (χ1v) is 13.3. The molecule has 9 nitrogen and oxygen atoms in total. The van der Waals surface area contributed by atoms with E-state index in [1.165, 1.54) is 36.6 Å². The zero-order valence-corrected chi connectivity index (χ0v) is 20.2. The Morgan fingerprint density at radius 3 is 2.74 bits per heavy atom. The van der Waals surface area contributed by atoms with Gasteiger partial charge in [-0.25, -0.2) is 27.5 Å². The molecule has 12 heteroatoms. The number of carbonyl (C=O) groups is 1. The van der Waals surface area contributed by atoms with E-state index in [1.807, 2.05) is 4.90 Å². The zero-order valence-electron chi connectivity index (χ0n) is 18.6. The van der Waals surface area contributed by atoms with Crippen molar-refractivity contribution in [2.24, 2.45) is 0 Å². The van der Waals surface area contributed by atoms with Gasteiger partial charge in [-0.2, -0.15) is 0 Å². The van der Waals surface area contributed by atoms with Gasteiger partial charge in [0.2, 0.25) is 10.0 Å². The number of benzene rings is 1. The van der Waals surface area contributed by atoms with Crippen LogP contribution in [0.2, 0.25) is 0 Å². The predicted molar refractivity (Wildman–Crippen MR) is 129 cm³/mol. The number of anilines is 2. The fraction of sp³-hybridized carbons (Fsp3) is 0.318. The number of nitrogens with zero attached hydrogens (tertiary/aromatic N) is 3. The third-order valence-corrected chi connectivity index (χ3v) is 6.98. The van der Waals surface area contributed by atoms with Crippen LogP contribution in [0.15, 0.2) is 41.9 Å². The summed E-state index contributed by atoms with van der Waals surface area (Å²) in [6.07, 6.45) is 4.05. The molecular formula is C22H24FN5O4S2. The van der Waals surface area contributed by atoms with Crippen LogP contribution < -0.4 is 19.7 Å². The average molecular weight is 506 g/mol. The Hall–Kier alpha value is -3.09.